The molecule has 0 atom stereocenters. The summed E-state index contributed by atoms with van der Waals surface area (Å²) < 4.78 is 9.74. The maximum atomic E-state index is 11.5. The molecule has 0 N–H and O–H groups in total. The fourth-order valence-electron chi connectivity index (χ4n) is 1.36. The van der Waals surface area contributed by atoms with E-state index < -0.39 is 6.09 Å². The highest BCUT2D eigenvalue weighted by molar-refractivity contribution is 5.91. The highest BCUT2D eigenvalue weighted by atomic mass is 16.6. The van der Waals surface area contributed by atoms with Crippen LogP contribution in [0.4, 0.5) is 10.5 Å². The third kappa shape index (κ3) is 3.48. The molecule has 0 unspecified atom stereocenters. The first-order chi connectivity index (χ1) is 8.60. The first-order valence-corrected chi connectivity index (χ1v) is 5.77. The van der Waals surface area contributed by atoms with Crippen LogP contribution in [-0.2, 0) is 9.47 Å². The van der Waals surface area contributed by atoms with Crippen LogP contribution >= 0.6 is 0 Å². The van der Waals surface area contributed by atoms with Gasteiger partial charge in [-0.2, -0.15) is 0 Å². The molecule has 5 heteroatoms. The third-order valence-corrected chi connectivity index (χ3v) is 2.31. The highest BCUT2D eigenvalue weighted by Gasteiger charge is 2.12. The molecule has 0 saturated carbocycles. The van der Waals surface area contributed by atoms with Crippen LogP contribution in [0.15, 0.2) is 24.3 Å². The van der Waals surface area contributed by atoms with Crippen LogP contribution in [0.1, 0.15) is 24.2 Å². The number of hydrogen-bond acceptors (Lipinski definition) is 4. The monoisotopic (exact) mass is 251 g/mol. The number of carbonyl (C=O) groups excluding carboxylic acids is 2. The normalized spacial score (nSPS) is 9.72. The van der Waals surface area contributed by atoms with Crippen molar-refractivity contribution in [2.24, 2.45) is 0 Å². The number of esters is 1. The van der Waals surface area contributed by atoms with E-state index >= 15 is 0 Å². The standard InChI is InChI=1S/C13H17NO4/c1-4-17-12(15)10-6-8-11(9-7-10)14(3)13(16)18-5-2/h6-9H,4-5H2,1-3H3. The zero-order valence-corrected chi connectivity index (χ0v) is 10.8. The lowest BCUT2D eigenvalue weighted by Crippen LogP contribution is -2.26. The predicted octanol–water partition coefficient (Wildman–Crippen LogP) is 2.46. The molecule has 5 nitrogen and oxygen atoms in total. The van der Waals surface area contributed by atoms with Gasteiger partial charge in [-0.15, -0.1) is 0 Å². The average molecular weight is 251 g/mol. The molecule has 1 rings (SSSR count). The van der Waals surface area contributed by atoms with Gasteiger partial charge in [-0.3, -0.25) is 4.90 Å². The van der Waals surface area contributed by atoms with Gasteiger partial charge in [-0.05, 0) is 38.1 Å². The molecule has 0 aliphatic heterocycles. The molecule has 1 aromatic rings. The summed E-state index contributed by atoms with van der Waals surface area (Å²) in [6.07, 6.45) is -0.429. The van der Waals surface area contributed by atoms with Crippen LogP contribution in [-0.4, -0.2) is 32.3 Å². The zero-order valence-electron chi connectivity index (χ0n) is 10.8. The van der Waals surface area contributed by atoms with E-state index in [1.54, 1.807) is 45.2 Å². The Balaban J connectivity index is 2.76. The molecule has 98 valence electrons. The van der Waals surface area contributed by atoms with E-state index in [9.17, 15) is 9.59 Å². The van der Waals surface area contributed by atoms with E-state index in [0.29, 0.717) is 24.5 Å². The van der Waals surface area contributed by atoms with Gasteiger partial charge >= 0.3 is 12.1 Å². The fourth-order valence-corrected chi connectivity index (χ4v) is 1.36. The predicted molar refractivity (Wildman–Crippen MR) is 67.8 cm³/mol. The second-order valence-corrected chi connectivity index (χ2v) is 3.53. The molecule has 0 aliphatic carbocycles. The van der Waals surface area contributed by atoms with Crippen molar-refractivity contribution in [3.05, 3.63) is 29.8 Å². The Morgan fingerprint density at radius 3 is 2.11 bits per heavy atom. The summed E-state index contributed by atoms with van der Waals surface area (Å²) in [5, 5.41) is 0. The molecule has 0 spiro atoms. The van der Waals surface area contributed by atoms with Crippen molar-refractivity contribution in [3.8, 4) is 0 Å². The van der Waals surface area contributed by atoms with Crippen LogP contribution in [0.2, 0.25) is 0 Å². The van der Waals surface area contributed by atoms with E-state index in [0.717, 1.165) is 0 Å². The highest BCUT2D eigenvalue weighted by Crippen LogP contribution is 2.15. The molecule has 0 radical (unpaired) electrons. The first kappa shape index (κ1) is 14.0. The Morgan fingerprint density at radius 2 is 1.61 bits per heavy atom. The van der Waals surface area contributed by atoms with Crippen LogP contribution in [0.25, 0.3) is 0 Å². The van der Waals surface area contributed by atoms with Crippen LogP contribution < -0.4 is 4.90 Å². The minimum absolute atomic E-state index is 0.323. The summed E-state index contributed by atoms with van der Waals surface area (Å²) >= 11 is 0. The SMILES string of the molecule is CCOC(=O)c1ccc(N(C)C(=O)OCC)cc1. The van der Waals surface area contributed by atoms with E-state index in [1.807, 2.05) is 0 Å². The number of hydrogen-bond donors (Lipinski definition) is 0. The summed E-state index contributed by atoms with van der Waals surface area (Å²) in [4.78, 5) is 24.3. The van der Waals surface area contributed by atoms with Crippen LogP contribution in [0.3, 0.4) is 0 Å². The van der Waals surface area contributed by atoms with Crippen molar-refractivity contribution < 1.29 is 19.1 Å². The summed E-state index contributed by atoms with van der Waals surface area (Å²) in [5.41, 5.74) is 1.11. The van der Waals surface area contributed by atoms with Gasteiger partial charge in [0.2, 0.25) is 0 Å². The Hall–Kier alpha value is -2.04. The number of anilines is 1. The Labute approximate surface area is 106 Å². The molecule has 0 aliphatic rings. The van der Waals surface area contributed by atoms with Crippen LogP contribution in [0.5, 0.6) is 0 Å². The Morgan fingerprint density at radius 1 is 1.06 bits per heavy atom. The zero-order chi connectivity index (χ0) is 13.5. The minimum Gasteiger partial charge on any atom is -0.462 e. The van der Waals surface area contributed by atoms with E-state index in [2.05, 4.69) is 0 Å². The van der Waals surface area contributed by atoms with Gasteiger partial charge in [0.1, 0.15) is 0 Å². The van der Waals surface area contributed by atoms with E-state index in [4.69, 9.17) is 9.47 Å². The average Bonchev–Trinajstić information content (AvgIpc) is 2.38. The second-order valence-electron chi connectivity index (χ2n) is 3.53. The second kappa shape index (κ2) is 6.64. The summed E-state index contributed by atoms with van der Waals surface area (Å²) in [5.74, 6) is -0.372. The lowest BCUT2D eigenvalue weighted by Gasteiger charge is -2.16. The molecule has 1 aromatic carbocycles. The summed E-state index contributed by atoms with van der Waals surface area (Å²) in [6, 6.07) is 6.57. The molecular weight excluding hydrogens is 234 g/mol. The van der Waals surface area contributed by atoms with Crippen molar-refractivity contribution >= 4 is 17.7 Å². The molecule has 0 fully saturated rings. The van der Waals surface area contributed by atoms with Crippen molar-refractivity contribution in [1.82, 2.24) is 0 Å². The quantitative estimate of drug-likeness (QED) is 0.771. The first-order valence-electron chi connectivity index (χ1n) is 5.77. The van der Waals surface area contributed by atoms with Gasteiger partial charge in [0.25, 0.3) is 0 Å². The van der Waals surface area contributed by atoms with Gasteiger partial charge in [0, 0.05) is 12.7 Å². The topological polar surface area (TPSA) is 55.8 Å². The third-order valence-electron chi connectivity index (χ3n) is 2.31. The molecule has 1 amide bonds. The van der Waals surface area contributed by atoms with Crippen molar-refractivity contribution in [2.45, 2.75) is 13.8 Å². The van der Waals surface area contributed by atoms with Crippen LogP contribution in [0, 0.1) is 0 Å². The number of benzene rings is 1. The lowest BCUT2D eigenvalue weighted by molar-refractivity contribution is 0.0526. The number of amides is 1. The smallest absolute Gasteiger partial charge is 0.413 e. The molecule has 0 saturated heterocycles. The Bertz CT molecular complexity index is 414. The molecule has 18 heavy (non-hydrogen) atoms. The maximum Gasteiger partial charge on any atom is 0.413 e. The van der Waals surface area contributed by atoms with Crippen molar-refractivity contribution in [2.75, 3.05) is 25.2 Å². The van der Waals surface area contributed by atoms with Crippen molar-refractivity contribution in [3.63, 3.8) is 0 Å². The maximum absolute atomic E-state index is 11.5. The molecule has 0 aromatic heterocycles. The Kier molecular flexibility index (Phi) is 5.17. The fraction of sp³-hybridized carbons (Fsp3) is 0.385. The van der Waals surface area contributed by atoms with Gasteiger partial charge < -0.3 is 9.47 Å². The number of nitrogens with zero attached hydrogens (tertiary/aromatic N) is 1. The van der Waals surface area contributed by atoms with E-state index in [-0.39, 0.29) is 5.97 Å². The molecule has 0 bridgehead atoms. The number of ether oxygens (including phenoxy) is 2. The largest absolute Gasteiger partial charge is 0.462 e. The lowest BCUT2D eigenvalue weighted by atomic mass is 10.2. The minimum atomic E-state index is -0.429. The van der Waals surface area contributed by atoms with Gasteiger partial charge in [-0.25, -0.2) is 9.59 Å². The van der Waals surface area contributed by atoms with Gasteiger partial charge in [-0.1, -0.05) is 0 Å². The van der Waals surface area contributed by atoms with Gasteiger partial charge in [0.05, 0.1) is 18.8 Å². The van der Waals surface area contributed by atoms with Gasteiger partial charge in [0.15, 0.2) is 0 Å². The number of carbonyl (C=O) groups is 2. The molecule has 0 heterocycles. The molecular formula is C13H17NO4. The summed E-state index contributed by atoms with van der Waals surface area (Å²) in [6.45, 7) is 4.16. The van der Waals surface area contributed by atoms with Crippen molar-refractivity contribution in [1.29, 1.82) is 0 Å². The number of rotatable bonds is 4. The summed E-state index contributed by atoms with van der Waals surface area (Å²) in [7, 11) is 1.61. The van der Waals surface area contributed by atoms with E-state index in [1.165, 1.54) is 4.90 Å².